The van der Waals surface area contributed by atoms with Crippen LogP contribution >= 0.6 is 0 Å². The number of H-pyrrole nitrogens is 1. The Morgan fingerprint density at radius 3 is 3.00 bits per heavy atom. The molecule has 112 valence electrons. The molecule has 3 rings (SSSR count). The molecule has 1 saturated heterocycles. The Hall–Kier alpha value is -1.72. The second-order valence-corrected chi connectivity index (χ2v) is 5.78. The summed E-state index contributed by atoms with van der Waals surface area (Å²) in [5, 5.41) is 7.12. The van der Waals surface area contributed by atoms with Crippen molar-refractivity contribution >= 4 is 10.9 Å². The number of halogens is 1. The van der Waals surface area contributed by atoms with Crippen LogP contribution in [0.4, 0.5) is 4.39 Å². The van der Waals surface area contributed by atoms with Gasteiger partial charge in [0.05, 0.1) is 0 Å². The lowest BCUT2D eigenvalue weighted by atomic mass is 10.1. The minimum absolute atomic E-state index is 0.0343. The summed E-state index contributed by atoms with van der Waals surface area (Å²) >= 11 is 0. The Morgan fingerprint density at radius 1 is 1.38 bits per heavy atom. The summed E-state index contributed by atoms with van der Waals surface area (Å²) < 4.78 is 13.0. The molecule has 21 heavy (non-hydrogen) atoms. The summed E-state index contributed by atoms with van der Waals surface area (Å²) in [5.41, 5.74) is 2.82. The number of pyridine rings is 1. The predicted octanol–water partition coefficient (Wildman–Crippen LogP) is 1.63. The van der Waals surface area contributed by atoms with Crippen LogP contribution in [0.1, 0.15) is 17.7 Å². The van der Waals surface area contributed by atoms with E-state index in [9.17, 15) is 9.18 Å². The lowest BCUT2D eigenvalue weighted by molar-refractivity contribution is 0.354. The number of benzene rings is 1. The molecule has 5 heteroatoms. The van der Waals surface area contributed by atoms with Gasteiger partial charge in [-0.25, -0.2) is 4.39 Å². The van der Waals surface area contributed by atoms with E-state index in [-0.39, 0.29) is 11.5 Å². The van der Waals surface area contributed by atoms with E-state index >= 15 is 0 Å². The lowest BCUT2D eigenvalue weighted by Gasteiger charge is -2.11. The van der Waals surface area contributed by atoms with Gasteiger partial charge in [-0.05, 0) is 25.5 Å². The highest BCUT2D eigenvalue weighted by molar-refractivity contribution is 5.79. The average molecular weight is 289 g/mol. The Labute approximate surface area is 122 Å². The molecular weight excluding hydrogens is 269 g/mol. The van der Waals surface area contributed by atoms with E-state index < -0.39 is 6.17 Å². The summed E-state index contributed by atoms with van der Waals surface area (Å²) in [5.74, 6) is 0. The second-order valence-electron chi connectivity index (χ2n) is 5.78. The summed E-state index contributed by atoms with van der Waals surface area (Å²) in [7, 11) is 0. The van der Waals surface area contributed by atoms with Crippen LogP contribution in [-0.2, 0) is 6.54 Å². The Balaban J connectivity index is 1.67. The number of aryl methyl sites for hydroxylation is 1. The minimum atomic E-state index is -0.736. The van der Waals surface area contributed by atoms with Crippen molar-refractivity contribution in [3.8, 4) is 0 Å². The first-order valence-corrected chi connectivity index (χ1v) is 7.32. The average Bonchev–Trinajstić information content (AvgIpc) is 2.85. The minimum Gasteiger partial charge on any atom is -0.357 e. The lowest BCUT2D eigenvalue weighted by Crippen LogP contribution is -2.33. The van der Waals surface area contributed by atoms with E-state index in [1.54, 1.807) is 6.07 Å². The summed E-state index contributed by atoms with van der Waals surface area (Å²) in [4.78, 5) is 15.4. The molecule has 0 bridgehead atoms. The molecule has 4 nitrogen and oxygen atoms in total. The van der Waals surface area contributed by atoms with Gasteiger partial charge in [0, 0.05) is 48.3 Å². The third kappa shape index (κ3) is 3.31. The van der Waals surface area contributed by atoms with Gasteiger partial charge in [-0.15, -0.1) is 0 Å². The summed E-state index contributed by atoms with van der Waals surface area (Å²) in [6, 6.07) is 7.63. The largest absolute Gasteiger partial charge is 0.357 e. The van der Waals surface area contributed by atoms with Gasteiger partial charge in [-0.3, -0.25) is 4.79 Å². The Kier molecular flexibility index (Phi) is 4.03. The van der Waals surface area contributed by atoms with Crippen molar-refractivity contribution in [1.29, 1.82) is 0 Å². The molecule has 2 heterocycles. The van der Waals surface area contributed by atoms with E-state index in [0.717, 1.165) is 22.2 Å². The third-order valence-electron chi connectivity index (χ3n) is 3.92. The number of alkyl halides is 1. The number of hydrogen-bond acceptors (Lipinski definition) is 3. The number of hydrogen-bond donors (Lipinski definition) is 3. The molecule has 0 radical (unpaired) electrons. The van der Waals surface area contributed by atoms with E-state index in [1.807, 2.05) is 25.1 Å². The van der Waals surface area contributed by atoms with Crippen LogP contribution in [0, 0.1) is 6.92 Å². The standard InChI is InChI=1S/C16H20FN3O/c1-10-2-3-15-14(4-10)16(21)6-13(20-15)9-18-8-12-5-11(17)7-19-12/h2-4,6,11-12,18-19H,5,7-9H2,1H3,(H,20,21). The number of aromatic amines is 1. The number of fused-ring (bicyclic) bond motifs is 1. The van der Waals surface area contributed by atoms with Gasteiger partial charge >= 0.3 is 0 Å². The monoisotopic (exact) mass is 289 g/mol. The molecule has 1 aliphatic heterocycles. The normalized spacial score (nSPS) is 22.0. The van der Waals surface area contributed by atoms with Gasteiger partial charge in [0.15, 0.2) is 5.43 Å². The maximum atomic E-state index is 13.0. The number of rotatable bonds is 4. The van der Waals surface area contributed by atoms with Gasteiger partial charge in [0.2, 0.25) is 0 Å². The zero-order valence-electron chi connectivity index (χ0n) is 12.1. The molecular formula is C16H20FN3O. The van der Waals surface area contributed by atoms with Crippen molar-refractivity contribution < 1.29 is 4.39 Å². The zero-order chi connectivity index (χ0) is 14.8. The first-order valence-electron chi connectivity index (χ1n) is 7.32. The van der Waals surface area contributed by atoms with Gasteiger partial charge in [-0.1, -0.05) is 11.6 Å². The molecule has 1 aromatic carbocycles. The molecule has 1 aromatic heterocycles. The third-order valence-corrected chi connectivity index (χ3v) is 3.92. The van der Waals surface area contributed by atoms with Crippen LogP contribution in [0.25, 0.3) is 10.9 Å². The van der Waals surface area contributed by atoms with Crippen molar-refractivity contribution in [3.05, 3.63) is 45.7 Å². The van der Waals surface area contributed by atoms with Crippen LogP contribution in [0.5, 0.6) is 0 Å². The van der Waals surface area contributed by atoms with E-state index in [1.165, 1.54) is 0 Å². The smallest absolute Gasteiger partial charge is 0.189 e. The second kappa shape index (κ2) is 5.95. The molecule has 0 amide bonds. The highest BCUT2D eigenvalue weighted by atomic mass is 19.1. The first-order chi connectivity index (χ1) is 10.1. The summed E-state index contributed by atoms with van der Waals surface area (Å²) in [6.45, 7) is 3.70. The van der Waals surface area contributed by atoms with Crippen molar-refractivity contribution in [1.82, 2.24) is 15.6 Å². The van der Waals surface area contributed by atoms with Crippen molar-refractivity contribution in [2.75, 3.05) is 13.1 Å². The van der Waals surface area contributed by atoms with Crippen LogP contribution < -0.4 is 16.1 Å². The van der Waals surface area contributed by atoms with E-state index in [4.69, 9.17) is 0 Å². The van der Waals surface area contributed by atoms with Gasteiger partial charge in [0.25, 0.3) is 0 Å². The molecule has 0 spiro atoms. The quantitative estimate of drug-likeness (QED) is 0.802. The van der Waals surface area contributed by atoms with E-state index in [2.05, 4.69) is 15.6 Å². The van der Waals surface area contributed by atoms with Gasteiger partial charge in [-0.2, -0.15) is 0 Å². The number of nitrogens with one attached hydrogen (secondary N) is 3. The fraction of sp³-hybridized carbons (Fsp3) is 0.438. The van der Waals surface area contributed by atoms with Crippen LogP contribution in [0.15, 0.2) is 29.1 Å². The SMILES string of the molecule is Cc1ccc2[nH]c(CNCC3CC(F)CN3)cc(=O)c2c1. The highest BCUT2D eigenvalue weighted by Gasteiger charge is 2.22. The molecule has 2 atom stereocenters. The van der Waals surface area contributed by atoms with Gasteiger partial charge < -0.3 is 15.6 Å². The molecule has 1 fully saturated rings. The van der Waals surface area contributed by atoms with Crippen LogP contribution in [0.2, 0.25) is 0 Å². The van der Waals surface area contributed by atoms with Crippen molar-refractivity contribution in [2.45, 2.75) is 32.1 Å². The predicted molar refractivity (Wildman–Crippen MR) is 82.3 cm³/mol. The van der Waals surface area contributed by atoms with Crippen LogP contribution in [0.3, 0.4) is 0 Å². The Bertz CT molecular complexity index is 697. The molecule has 2 aromatic rings. The van der Waals surface area contributed by atoms with E-state index in [0.29, 0.717) is 26.1 Å². The fourth-order valence-electron chi connectivity index (χ4n) is 2.82. The molecule has 2 unspecified atom stereocenters. The molecule has 3 N–H and O–H groups in total. The topological polar surface area (TPSA) is 56.9 Å². The zero-order valence-corrected chi connectivity index (χ0v) is 12.1. The van der Waals surface area contributed by atoms with Crippen molar-refractivity contribution in [3.63, 3.8) is 0 Å². The highest BCUT2D eigenvalue weighted by Crippen LogP contribution is 2.11. The van der Waals surface area contributed by atoms with Crippen LogP contribution in [-0.4, -0.2) is 30.3 Å². The van der Waals surface area contributed by atoms with Crippen molar-refractivity contribution in [2.24, 2.45) is 0 Å². The maximum absolute atomic E-state index is 13.0. The molecule has 0 aliphatic carbocycles. The first kappa shape index (κ1) is 14.2. The van der Waals surface area contributed by atoms with Gasteiger partial charge in [0.1, 0.15) is 6.17 Å². The number of aromatic nitrogens is 1. The fourth-order valence-corrected chi connectivity index (χ4v) is 2.82. The summed E-state index contributed by atoms with van der Waals surface area (Å²) in [6.07, 6.45) is -0.180. The molecule has 1 aliphatic rings. The molecule has 0 saturated carbocycles. The Morgan fingerprint density at radius 2 is 2.24 bits per heavy atom. The maximum Gasteiger partial charge on any atom is 0.189 e.